The Labute approximate surface area is 141 Å². The Hall–Kier alpha value is -2.60. The molecule has 23 heavy (non-hydrogen) atoms. The van der Waals surface area contributed by atoms with Crippen molar-refractivity contribution in [2.24, 2.45) is 5.10 Å². The van der Waals surface area contributed by atoms with Crippen LogP contribution in [0, 0.1) is 0 Å². The number of methoxy groups -OCH3 is 1. The summed E-state index contributed by atoms with van der Waals surface area (Å²) in [6, 6.07) is 14.6. The highest BCUT2D eigenvalue weighted by molar-refractivity contribution is 7.80. The predicted octanol–water partition coefficient (Wildman–Crippen LogP) is 2.79. The molecule has 0 aliphatic rings. The van der Waals surface area contributed by atoms with Crippen molar-refractivity contribution >= 4 is 23.0 Å². The summed E-state index contributed by atoms with van der Waals surface area (Å²) in [6.07, 6.45) is 0. The molecule has 0 amide bonds. The second kappa shape index (κ2) is 8.14. The first kappa shape index (κ1) is 16.8. The van der Waals surface area contributed by atoms with Crippen molar-refractivity contribution in [2.45, 2.75) is 13.5 Å². The number of phenolic OH excluding ortho intramolecular Hbond substituents is 1. The van der Waals surface area contributed by atoms with Gasteiger partial charge in [-0.2, -0.15) is 5.10 Å². The second-order valence-electron chi connectivity index (χ2n) is 4.89. The van der Waals surface area contributed by atoms with E-state index in [0.717, 1.165) is 22.6 Å². The Balaban J connectivity index is 1.84. The van der Waals surface area contributed by atoms with Gasteiger partial charge in [0.15, 0.2) is 5.11 Å². The number of phenols is 1. The number of benzene rings is 2. The zero-order valence-electron chi connectivity index (χ0n) is 13.0. The molecular formula is C17H19N3O2S. The van der Waals surface area contributed by atoms with E-state index in [4.69, 9.17) is 17.0 Å². The monoisotopic (exact) mass is 329 g/mol. The van der Waals surface area contributed by atoms with Crippen LogP contribution in [0.5, 0.6) is 11.5 Å². The Morgan fingerprint density at radius 3 is 2.39 bits per heavy atom. The number of thiocarbonyl (C=S) groups is 1. The van der Waals surface area contributed by atoms with Crippen LogP contribution in [-0.2, 0) is 6.54 Å². The van der Waals surface area contributed by atoms with Gasteiger partial charge < -0.3 is 15.2 Å². The Bertz CT molecular complexity index is 682. The summed E-state index contributed by atoms with van der Waals surface area (Å²) in [4.78, 5) is 0. The fourth-order valence-electron chi connectivity index (χ4n) is 1.87. The summed E-state index contributed by atoms with van der Waals surface area (Å²) in [5.74, 6) is 1.05. The van der Waals surface area contributed by atoms with Crippen molar-refractivity contribution in [1.82, 2.24) is 10.7 Å². The van der Waals surface area contributed by atoms with Crippen LogP contribution in [0.25, 0.3) is 0 Å². The van der Waals surface area contributed by atoms with E-state index in [0.29, 0.717) is 11.7 Å². The number of ether oxygens (including phenoxy) is 1. The highest BCUT2D eigenvalue weighted by Crippen LogP contribution is 2.11. The number of nitrogens with zero attached hydrogens (tertiary/aromatic N) is 1. The lowest BCUT2D eigenvalue weighted by molar-refractivity contribution is 0.414. The maximum Gasteiger partial charge on any atom is 0.187 e. The first-order valence-electron chi connectivity index (χ1n) is 7.09. The van der Waals surface area contributed by atoms with Gasteiger partial charge in [0.25, 0.3) is 0 Å². The van der Waals surface area contributed by atoms with Crippen molar-refractivity contribution in [3.63, 3.8) is 0 Å². The zero-order valence-corrected chi connectivity index (χ0v) is 13.9. The van der Waals surface area contributed by atoms with Gasteiger partial charge in [-0.05, 0) is 66.7 Å². The van der Waals surface area contributed by atoms with Crippen molar-refractivity contribution < 1.29 is 9.84 Å². The molecule has 0 saturated heterocycles. The van der Waals surface area contributed by atoms with Crippen LogP contribution in [0.4, 0.5) is 0 Å². The molecule has 0 aliphatic heterocycles. The predicted molar refractivity (Wildman–Crippen MR) is 95.9 cm³/mol. The summed E-state index contributed by atoms with van der Waals surface area (Å²) < 4.78 is 5.12. The van der Waals surface area contributed by atoms with Crippen LogP contribution in [0.1, 0.15) is 18.1 Å². The largest absolute Gasteiger partial charge is 0.508 e. The quantitative estimate of drug-likeness (QED) is 0.447. The van der Waals surface area contributed by atoms with Crippen molar-refractivity contribution in [1.29, 1.82) is 0 Å². The fourth-order valence-corrected chi connectivity index (χ4v) is 1.98. The molecule has 2 rings (SSSR count). The van der Waals surface area contributed by atoms with Gasteiger partial charge in [-0.1, -0.05) is 12.1 Å². The molecule has 0 aromatic heterocycles. The molecule has 0 bridgehead atoms. The number of aromatic hydroxyl groups is 1. The molecule has 0 unspecified atom stereocenters. The molecule has 0 heterocycles. The minimum absolute atomic E-state index is 0.228. The maximum absolute atomic E-state index is 9.27. The Morgan fingerprint density at radius 1 is 1.13 bits per heavy atom. The lowest BCUT2D eigenvalue weighted by Gasteiger charge is -2.09. The van der Waals surface area contributed by atoms with Crippen LogP contribution < -0.4 is 15.5 Å². The van der Waals surface area contributed by atoms with E-state index >= 15 is 0 Å². The van der Waals surface area contributed by atoms with Crippen molar-refractivity contribution in [2.75, 3.05) is 7.11 Å². The van der Waals surface area contributed by atoms with Gasteiger partial charge in [0, 0.05) is 6.54 Å². The van der Waals surface area contributed by atoms with Crippen molar-refractivity contribution in [3.05, 3.63) is 59.7 Å². The first-order valence-corrected chi connectivity index (χ1v) is 7.50. The molecule has 0 radical (unpaired) electrons. The van der Waals surface area contributed by atoms with Crippen LogP contribution >= 0.6 is 12.2 Å². The first-order chi connectivity index (χ1) is 11.1. The van der Waals surface area contributed by atoms with E-state index in [1.807, 2.05) is 31.2 Å². The van der Waals surface area contributed by atoms with Gasteiger partial charge in [-0.25, -0.2) is 0 Å². The fraction of sp³-hybridized carbons (Fsp3) is 0.176. The standard InChI is InChI=1S/C17H19N3O2S/c1-12(14-5-7-15(21)8-6-14)19-20-17(23)18-11-13-3-9-16(22-2)10-4-13/h3-10,21H,11H2,1-2H3,(H2,18,20,23)/b19-12+. The third kappa shape index (κ3) is 5.27. The average molecular weight is 329 g/mol. The van der Waals surface area contributed by atoms with Crippen LogP contribution in [0.2, 0.25) is 0 Å². The Kier molecular flexibility index (Phi) is 5.94. The minimum Gasteiger partial charge on any atom is -0.508 e. The minimum atomic E-state index is 0.228. The summed E-state index contributed by atoms with van der Waals surface area (Å²) in [6.45, 7) is 2.47. The van der Waals surface area contributed by atoms with E-state index in [2.05, 4.69) is 15.8 Å². The number of nitrogens with one attached hydrogen (secondary N) is 2. The lowest BCUT2D eigenvalue weighted by Crippen LogP contribution is -2.32. The molecule has 0 atom stereocenters. The second-order valence-corrected chi connectivity index (χ2v) is 5.29. The van der Waals surface area contributed by atoms with E-state index in [-0.39, 0.29) is 5.75 Å². The third-order valence-corrected chi connectivity index (χ3v) is 3.46. The number of hydrazone groups is 1. The molecular weight excluding hydrogens is 310 g/mol. The van der Waals surface area contributed by atoms with Gasteiger partial charge in [0.2, 0.25) is 0 Å². The molecule has 0 spiro atoms. The Morgan fingerprint density at radius 2 is 1.78 bits per heavy atom. The number of hydrogen-bond donors (Lipinski definition) is 3. The van der Waals surface area contributed by atoms with Gasteiger partial charge in [0.05, 0.1) is 12.8 Å². The number of hydrogen-bond acceptors (Lipinski definition) is 4. The summed E-state index contributed by atoms with van der Waals surface area (Å²) in [5, 5.41) is 17.0. The molecule has 2 aromatic rings. The summed E-state index contributed by atoms with van der Waals surface area (Å²) in [5.41, 5.74) is 5.59. The van der Waals surface area contributed by atoms with Gasteiger partial charge in [-0.15, -0.1) is 0 Å². The lowest BCUT2D eigenvalue weighted by atomic mass is 10.1. The maximum atomic E-state index is 9.27. The van der Waals surface area contributed by atoms with Crippen LogP contribution in [0.3, 0.4) is 0 Å². The van der Waals surface area contributed by atoms with Gasteiger partial charge in [0.1, 0.15) is 11.5 Å². The van der Waals surface area contributed by atoms with E-state index < -0.39 is 0 Å². The topological polar surface area (TPSA) is 65.9 Å². The molecule has 6 heteroatoms. The summed E-state index contributed by atoms with van der Waals surface area (Å²) >= 11 is 5.20. The molecule has 120 valence electrons. The molecule has 0 aliphatic carbocycles. The molecule has 0 fully saturated rings. The van der Waals surface area contributed by atoms with E-state index in [9.17, 15) is 5.11 Å². The van der Waals surface area contributed by atoms with Crippen molar-refractivity contribution in [3.8, 4) is 11.5 Å². The average Bonchev–Trinajstić information content (AvgIpc) is 2.59. The smallest absolute Gasteiger partial charge is 0.187 e. The highest BCUT2D eigenvalue weighted by atomic mass is 32.1. The molecule has 2 aromatic carbocycles. The highest BCUT2D eigenvalue weighted by Gasteiger charge is 2.00. The van der Waals surface area contributed by atoms with Crippen LogP contribution in [-0.4, -0.2) is 23.0 Å². The van der Waals surface area contributed by atoms with E-state index in [1.54, 1.807) is 31.4 Å². The molecule has 3 N–H and O–H groups in total. The SMILES string of the molecule is COc1ccc(CNC(=S)N/N=C(\C)c2ccc(O)cc2)cc1. The molecule has 0 saturated carbocycles. The van der Waals surface area contributed by atoms with Gasteiger partial charge in [-0.3, -0.25) is 5.43 Å². The third-order valence-electron chi connectivity index (χ3n) is 3.22. The van der Waals surface area contributed by atoms with Gasteiger partial charge >= 0.3 is 0 Å². The van der Waals surface area contributed by atoms with Crippen LogP contribution in [0.15, 0.2) is 53.6 Å². The molecule has 5 nitrogen and oxygen atoms in total. The van der Waals surface area contributed by atoms with E-state index in [1.165, 1.54) is 0 Å². The summed E-state index contributed by atoms with van der Waals surface area (Å²) in [7, 11) is 1.64. The number of rotatable bonds is 5. The normalized spacial score (nSPS) is 11.0. The zero-order chi connectivity index (χ0) is 16.7.